The normalized spacial score (nSPS) is 17.8. The smallest absolute Gasteiger partial charge is 0.328 e. The quantitative estimate of drug-likeness (QED) is 0.131. The number of carbonyl (C=O) groups excluding carboxylic acids is 5. The summed E-state index contributed by atoms with van der Waals surface area (Å²) < 4.78 is 5.02. The molecule has 0 bridgehead atoms. The van der Waals surface area contributed by atoms with Crippen LogP contribution in [0, 0.1) is 17.3 Å². The van der Waals surface area contributed by atoms with Crippen LogP contribution in [0.3, 0.4) is 0 Å². The lowest BCUT2D eigenvalue weighted by atomic mass is 9.84. The van der Waals surface area contributed by atoms with Crippen molar-refractivity contribution >= 4 is 29.5 Å². The van der Waals surface area contributed by atoms with E-state index in [0.29, 0.717) is 22.6 Å². The van der Waals surface area contributed by atoms with Crippen molar-refractivity contribution in [1.82, 2.24) is 20.4 Å². The number of likely N-dealkylation sites (tertiary alicyclic amines) is 1. The average Bonchev–Trinajstić information content (AvgIpc) is 3.13. The number of carbonyl (C=O) groups is 5. The maximum atomic E-state index is 14.3. The zero-order valence-electron chi connectivity index (χ0n) is 33.7. The third-order valence-corrected chi connectivity index (χ3v) is 10.5. The first-order valence-electron chi connectivity index (χ1n) is 19.0. The monoisotopic (exact) mass is 730 g/mol. The molecule has 5 atom stereocenters. The third kappa shape index (κ3) is 11.6. The van der Waals surface area contributed by atoms with Crippen molar-refractivity contribution in [1.29, 1.82) is 0 Å². The Labute approximate surface area is 317 Å². The lowest BCUT2D eigenvalue weighted by Gasteiger charge is -2.42. The molecular formula is C43H62N4O6. The summed E-state index contributed by atoms with van der Waals surface area (Å²) in [5, 5.41) is 5.95. The van der Waals surface area contributed by atoms with Crippen LogP contribution >= 0.6 is 0 Å². The molecule has 0 radical (unpaired) electrons. The number of esters is 1. The van der Waals surface area contributed by atoms with Crippen molar-refractivity contribution in [2.24, 2.45) is 17.3 Å². The number of piperidine rings is 1. The van der Waals surface area contributed by atoms with E-state index in [2.05, 4.69) is 36.3 Å². The van der Waals surface area contributed by atoms with E-state index in [9.17, 15) is 24.0 Å². The number of amides is 3. The number of hydrogen-bond acceptors (Lipinski definition) is 7. The first-order valence-corrected chi connectivity index (χ1v) is 19.0. The minimum absolute atomic E-state index is 0.0720. The van der Waals surface area contributed by atoms with Crippen LogP contribution in [0.15, 0.2) is 66.2 Å². The van der Waals surface area contributed by atoms with Gasteiger partial charge in [-0.2, -0.15) is 0 Å². The van der Waals surface area contributed by atoms with Crippen molar-refractivity contribution in [2.45, 2.75) is 118 Å². The van der Waals surface area contributed by atoms with Crippen LogP contribution in [0.2, 0.25) is 0 Å². The van der Waals surface area contributed by atoms with Crippen LogP contribution in [-0.4, -0.2) is 90.2 Å². The summed E-state index contributed by atoms with van der Waals surface area (Å²) >= 11 is 0. The van der Waals surface area contributed by atoms with Crippen LogP contribution < -0.4 is 10.6 Å². The molecule has 3 rings (SSSR count). The van der Waals surface area contributed by atoms with Gasteiger partial charge in [0.1, 0.15) is 12.1 Å². The van der Waals surface area contributed by atoms with E-state index in [1.165, 1.54) is 7.11 Å². The Hall–Kier alpha value is -4.31. The number of rotatable bonds is 15. The fourth-order valence-electron chi connectivity index (χ4n) is 6.82. The molecule has 10 nitrogen and oxygen atoms in total. The molecule has 1 aliphatic rings. The minimum atomic E-state index is -0.985. The molecule has 290 valence electrons. The topological polar surface area (TPSA) is 125 Å². The number of hydrogen-bond donors (Lipinski definition) is 2. The molecule has 10 heteroatoms. The van der Waals surface area contributed by atoms with Crippen LogP contribution in [-0.2, 0) is 30.3 Å². The first-order chi connectivity index (χ1) is 24.9. The number of methoxy groups -OCH3 is 1. The van der Waals surface area contributed by atoms with Gasteiger partial charge in [0, 0.05) is 36.2 Å². The number of nitrogens with one attached hydrogen (secondary N) is 2. The molecule has 2 aromatic rings. The third-order valence-electron chi connectivity index (χ3n) is 10.5. The Morgan fingerprint density at radius 3 is 2.04 bits per heavy atom. The second-order valence-corrected chi connectivity index (χ2v) is 16.2. The van der Waals surface area contributed by atoms with Gasteiger partial charge < -0.3 is 20.3 Å². The molecule has 1 heterocycles. The predicted octanol–water partition coefficient (Wildman–Crippen LogP) is 5.98. The first kappa shape index (κ1) is 43.1. The van der Waals surface area contributed by atoms with E-state index >= 15 is 0 Å². The van der Waals surface area contributed by atoms with E-state index in [-0.39, 0.29) is 42.0 Å². The Morgan fingerprint density at radius 1 is 0.887 bits per heavy atom. The van der Waals surface area contributed by atoms with Gasteiger partial charge >= 0.3 is 5.97 Å². The lowest BCUT2D eigenvalue weighted by molar-refractivity contribution is -0.144. The zero-order chi connectivity index (χ0) is 39.6. The van der Waals surface area contributed by atoms with Gasteiger partial charge in [-0.05, 0) is 56.0 Å². The maximum absolute atomic E-state index is 14.3. The standard InChI is InChI=1S/C43H62N4O6/c1-27(2)30(6)47-24-16-15-19-35(47)40(50)45-38(43(7,8)9)41(51)46(10)36(28(3)4)25-29(5)39(49)44-34(42(52)53-11)26-31-20-22-33(23-21-31)37(48)32-17-13-12-14-18-32/h12-14,17-18,20-23,25,27-28,30,34-36,38H,15-16,19,24,26H2,1-11H3,(H,44,49)(H,45,50)/b29-25+/t30?,34?,35?,36-,38?/m1/s1. The summed E-state index contributed by atoms with van der Waals surface area (Å²) in [6, 6.07) is 13.6. The fourth-order valence-corrected chi connectivity index (χ4v) is 6.82. The van der Waals surface area contributed by atoms with E-state index < -0.39 is 35.4 Å². The number of benzene rings is 2. The molecule has 1 fully saturated rings. The Morgan fingerprint density at radius 2 is 1.49 bits per heavy atom. The Balaban J connectivity index is 1.77. The van der Waals surface area contributed by atoms with E-state index in [4.69, 9.17) is 4.74 Å². The highest BCUT2D eigenvalue weighted by Gasteiger charge is 2.40. The van der Waals surface area contributed by atoms with Crippen LogP contribution in [0.5, 0.6) is 0 Å². The molecular weight excluding hydrogens is 668 g/mol. The lowest BCUT2D eigenvalue weighted by Crippen LogP contribution is -2.61. The molecule has 1 aliphatic heterocycles. The Bertz CT molecular complexity index is 1590. The second kappa shape index (κ2) is 19.1. The maximum Gasteiger partial charge on any atom is 0.328 e. The molecule has 0 aliphatic carbocycles. The number of ether oxygens (including phenoxy) is 1. The largest absolute Gasteiger partial charge is 0.467 e. The van der Waals surface area contributed by atoms with Crippen LogP contribution in [0.25, 0.3) is 0 Å². The molecule has 0 aromatic heterocycles. The van der Waals surface area contributed by atoms with E-state index in [1.807, 2.05) is 52.8 Å². The summed E-state index contributed by atoms with van der Waals surface area (Å²) in [5.41, 5.74) is 1.58. The van der Waals surface area contributed by atoms with Gasteiger partial charge in [0.05, 0.1) is 19.2 Å². The number of ketones is 1. The highest BCUT2D eigenvalue weighted by molar-refractivity contribution is 6.09. The molecule has 0 spiro atoms. The summed E-state index contributed by atoms with van der Waals surface area (Å²) in [6.45, 7) is 18.8. The van der Waals surface area contributed by atoms with Gasteiger partial charge in [-0.15, -0.1) is 0 Å². The van der Waals surface area contributed by atoms with Gasteiger partial charge in [0.2, 0.25) is 17.7 Å². The van der Waals surface area contributed by atoms with Gasteiger partial charge in [0.15, 0.2) is 5.78 Å². The summed E-state index contributed by atoms with van der Waals surface area (Å²) in [6.07, 6.45) is 4.66. The molecule has 4 unspecified atom stereocenters. The van der Waals surface area contributed by atoms with Gasteiger partial charge in [-0.1, -0.05) is 116 Å². The van der Waals surface area contributed by atoms with Crippen molar-refractivity contribution in [2.75, 3.05) is 20.7 Å². The van der Waals surface area contributed by atoms with Crippen molar-refractivity contribution < 1.29 is 28.7 Å². The molecule has 2 N–H and O–H groups in total. The summed E-state index contributed by atoms with van der Waals surface area (Å²) in [5.74, 6) is -1.24. The predicted molar refractivity (Wildman–Crippen MR) is 209 cm³/mol. The van der Waals surface area contributed by atoms with E-state index in [0.717, 1.165) is 31.4 Å². The zero-order valence-corrected chi connectivity index (χ0v) is 33.7. The fraction of sp³-hybridized carbons (Fsp3) is 0.558. The summed E-state index contributed by atoms with van der Waals surface area (Å²) in [4.78, 5) is 71.3. The molecule has 3 amide bonds. The van der Waals surface area contributed by atoms with Gasteiger partial charge in [0.25, 0.3) is 0 Å². The minimum Gasteiger partial charge on any atom is -0.467 e. The molecule has 53 heavy (non-hydrogen) atoms. The Kier molecular flexibility index (Phi) is 15.6. The summed E-state index contributed by atoms with van der Waals surface area (Å²) in [7, 11) is 2.97. The van der Waals surface area contributed by atoms with Gasteiger partial charge in [-0.25, -0.2) is 4.79 Å². The highest BCUT2D eigenvalue weighted by atomic mass is 16.5. The second-order valence-electron chi connectivity index (χ2n) is 16.2. The molecule has 1 saturated heterocycles. The molecule has 2 aromatic carbocycles. The van der Waals surface area contributed by atoms with Crippen LogP contribution in [0.1, 0.15) is 103 Å². The SMILES string of the molecule is COC(=O)C(Cc1ccc(C(=O)c2ccccc2)cc1)NC(=O)/C(C)=C/[C@H](C(C)C)N(C)C(=O)C(NC(=O)C1CCCCN1C(C)C(C)C)C(C)(C)C. The molecule has 0 saturated carbocycles. The highest BCUT2D eigenvalue weighted by Crippen LogP contribution is 2.27. The van der Waals surface area contributed by atoms with Crippen molar-refractivity contribution in [3.8, 4) is 0 Å². The average molecular weight is 731 g/mol. The van der Waals surface area contributed by atoms with E-state index in [1.54, 1.807) is 61.3 Å². The van der Waals surface area contributed by atoms with Gasteiger partial charge in [-0.3, -0.25) is 24.1 Å². The number of nitrogens with zero attached hydrogens (tertiary/aromatic N) is 2. The van der Waals surface area contributed by atoms with Crippen LogP contribution in [0.4, 0.5) is 0 Å². The number of likely N-dealkylation sites (N-methyl/N-ethyl adjacent to an activating group) is 1. The van der Waals surface area contributed by atoms with Crippen molar-refractivity contribution in [3.05, 3.63) is 82.9 Å². The van der Waals surface area contributed by atoms with Crippen molar-refractivity contribution in [3.63, 3.8) is 0 Å².